The maximum absolute atomic E-state index is 5.46. The van der Waals surface area contributed by atoms with Gasteiger partial charge in [-0.25, -0.2) is 9.97 Å². The van der Waals surface area contributed by atoms with Crippen LogP contribution in [0.2, 0.25) is 0 Å². The van der Waals surface area contributed by atoms with Gasteiger partial charge in [0, 0.05) is 24.7 Å². The van der Waals surface area contributed by atoms with Crippen LogP contribution in [-0.2, 0) is 6.42 Å². The van der Waals surface area contributed by atoms with Crippen LogP contribution in [0.3, 0.4) is 0 Å². The number of H-pyrrole nitrogens is 1. The van der Waals surface area contributed by atoms with Crippen LogP contribution >= 0.6 is 0 Å². The molecule has 0 fully saturated rings. The van der Waals surface area contributed by atoms with Crippen molar-refractivity contribution < 1.29 is 0 Å². The highest BCUT2D eigenvalue weighted by Gasteiger charge is 2.05. The summed E-state index contributed by atoms with van der Waals surface area (Å²) in [5.41, 5.74) is 6.42. The van der Waals surface area contributed by atoms with Crippen molar-refractivity contribution in [3.8, 4) is 11.4 Å². The van der Waals surface area contributed by atoms with Gasteiger partial charge in [0.05, 0.1) is 0 Å². The lowest BCUT2D eigenvalue weighted by Crippen LogP contribution is -2.03. The van der Waals surface area contributed by atoms with Gasteiger partial charge in [-0.3, -0.25) is 5.10 Å². The molecule has 0 aliphatic rings. The average Bonchev–Trinajstić information content (AvgIpc) is 2.79. The average molecular weight is 232 g/mol. The number of rotatable bonds is 5. The largest absolute Gasteiger partial charge is 0.370 e. The second kappa shape index (κ2) is 5.40. The molecule has 6 heteroatoms. The molecule has 90 valence electrons. The SMILES string of the molecule is CCNc1cc(-c2nc(CCN)n[nH]2)ccn1. The maximum atomic E-state index is 5.46. The summed E-state index contributed by atoms with van der Waals surface area (Å²) in [7, 11) is 0. The normalized spacial score (nSPS) is 10.5. The fraction of sp³-hybridized carbons (Fsp3) is 0.364. The zero-order valence-electron chi connectivity index (χ0n) is 9.77. The fourth-order valence-electron chi connectivity index (χ4n) is 1.52. The Balaban J connectivity index is 2.22. The van der Waals surface area contributed by atoms with Gasteiger partial charge in [-0.2, -0.15) is 5.10 Å². The number of nitrogens with two attached hydrogens (primary N) is 1. The summed E-state index contributed by atoms with van der Waals surface area (Å²) in [5.74, 6) is 2.32. The number of hydrogen-bond donors (Lipinski definition) is 3. The molecule has 0 atom stereocenters. The van der Waals surface area contributed by atoms with Gasteiger partial charge in [-0.1, -0.05) is 0 Å². The highest BCUT2D eigenvalue weighted by atomic mass is 15.2. The Morgan fingerprint density at radius 1 is 1.47 bits per heavy atom. The molecule has 0 bridgehead atoms. The third-order valence-corrected chi connectivity index (χ3v) is 2.29. The van der Waals surface area contributed by atoms with Gasteiger partial charge in [0.1, 0.15) is 5.82 Å². The van der Waals surface area contributed by atoms with E-state index in [-0.39, 0.29) is 0 Å². The van der Waals surface area contributed by atoms with Gasteiger partial charge in [-0.05, 0) is 25.6 Å². The second-order valence-corrected chi connectivity index (χ2v) is 3.60. The van der Waals surface area contributed by atoms with Crippen LogP contribution in [0.15, 0.2) is 18.3 Å². The van der Waals surface area contributed by atoms with Crippen LogP contribution in [0, 0.1) is 0 Å². The van der Waals surface area contributed by atoms with Crippen molar-refractivity contribution in [1.29, 1.82) is 0 Å². The predicted octanol–water partition coefficient (Wildman–Crippen LogP) is 0.800. The van der Waals surface area contributed by atoms with Crippen LogP contribution in [0.4, 0.5) is 5.82 Å². The molecule has 2 rings (SSSR count). The Morgan fingerprint density at radius 2 is 2.35 bits per heavy atom. The number of pyridine rings is 1. The van der Waals surface area contributed by atoms with Gasteiger partial charge < -0.3 is 11.1 Å². The Morgan fingerprint density at radius 3 is 3.12 bits per heavy atom. The minimum absolute atomic E-state index is 0.552. The minimum Gasteiger partial charge on any atom is -0.370 e. The Labute approximate surface area is 99.7 Å². The number of nitrogens with zero attached hydrogens (tertiary/aromatic N) is 3. The lowest BCUT2D eigenvalue weighted by molar-refractivity contribution is 0.874. The number of aromatic amines is 1. The smallest absolute Gasteiger partial charge is 0.155 e. The molecule has 0 radical (unpaired) electrons. The van der Waals surface area contributed by atoms with Crippen molar-refractivity contribution >= 4 is 5.82 Å². The van der Waals surface area contributed by atoms with Crippen LogP contribution in [-0.4, -0.2) is 33.3 Å². The molecule has 0 aliphatic heterocycles. The summed E-state index contributed by atoms with van der Waals surface area (Å²) in [6, 6.07) is 3.84. The molecule has 0 spiro atoms. The predicted molar refractivity (Wildman–Crippen MR) is 66.5 cm³/mol. The van der Waals surface area contributed by atoms with Crippen LogP contribution in [0.1, 0.15) is 12.7 Å². The summed E-state index contributed by atoms with van der Waals surface area (Å²) in [4.78, 5) is 8.57. The third-order valence-electron chi connectivity index (χ3n) is 2.29. The topological polar surface area (TPSA) is 92.5 Å². The van der Waals surface area contributed by atoms with Gasteiger partial charge in [-0.15, -0.1) is 0 Å². The standard InChI is InChI=1S/C11H16N6/c1-2-13-10-7-8(4-6-14-10)11-15-9(3-5-12)16-17-11/h4,6-7H,2-3,5,12H2,1H3,(H,13,14)(H,15,16,17). The van der Waals surface area contributed by atoms with E-state index < -0.39 is 0 Å². The fourth-order valence-corrected chi connectivity index (χ4v) is 1.52. The zero-order chi connectivity index (χ0) is 12.1. The van der Waals surface area contributed by atoms with Crippen LogP contribution < -0.4 is 11.1 Å². The summed E-state index contributed by atoms with van der Waals surface area (Å²) in [6.07, 6.45) is 2.43. The van der Waals surface area contributed by atoms with Crippen molar-refractivity contribution in [2.75, 3.05) is 18.4 Å². The lowest BCUT2D eigenvalue weighted by Gasteiger charge is -2.02. The van der Waals surface area contributed by atoms with E-state index in [1.165, 1.54) is 0 Å². The first-order valence-electron chi connectivity index (χ1n) is 5.65. The van der Waals surface area contributed by atoms with Gasteiger partial charge in [0.25, 0.3) is 0 Å². The molecular weight excluding hydrogens is 216 g/mol. The van der Waals surface area contributed by atoms with Crippen LogP contribution in [0.25, 0.3) is 11.4 Å². The first-order valence-corrected chi connectivity index (χ1v) is 5.65. The van der Waals surface area contributed by atoms with Gasteiger partial charge in [0.2, 0.25) is 0 Å². The van der Waals surface area contributed by atoms with Crippen molar-refractivity contribution in [1.82, 2.24) is 20.2 Å². The summed E-state index contributed by atoms with van der Waals surface area (Å²) in [5, 5.41) is 10.2. The highest BCUT2D eigenvalue weighted by Crippen LogP contribution is 2.17. The molecule has 6 nitrogen and oxygen atoms in total. The molecule has 0 saturated carbocycles. The Bertz CT molecular complexity index is 478. The molecule has 4 N–H and O–H groups in total. The summed E-state index contributed by atoms with van der Waals surface area (Å²) >= 11 is 0. The maximum Gasteiger partial charge on any atom is 0.155 e. The van der Waals surface area contributed by atoms with E-state index in [1.807, 2.05) is 19.1 Å². The lowest BCUT2D eigenvalue weighted by atomic mass is 10.2. The minimum atomic E-state index is 0.552. The highest BCUT2D eigenvalue weighted by molar-refractivity contribution is 5.59. The van der Waals surface area contributed by atoms with Crippen molar-refractivity contribution in [2.24, 2.45) is 5.73 Å². The van der Waals surface area contributed by atoms with Gasteiger partial charge in [0.15, 0.2) is 11.6 Å². The Hall–Kier alpha value is -1.95. The van der Waals surface area contributed by atoms with Gasteiger partial charge >= 0.3 is 0 Å². The van der Waals surface area contributed by atoms with E-state index in [2.05, 4.69) is 25.5 Å². The molecule has 0 amide bonds. The van der Waals surface area contributed by atoms with Crippen molar-refractivity contribution in [3.05, 3.63) is 24.2 Å². The van der Waals surface area contributed by atoms with E-state index in [4.69, 9.17) is 5.73 Å². The van der Waals surface area contributed by atoms with E-state index >= 15 is 0 Å². The molecule has 2 aromatic rings. The molecular formula is C11H16N6. The van der Waals surface area contributed by atoms with E-state index in [9.17, 15) is 0 Å². The molecule has 0 unspecified atom stereocenters. The molecule has 2 heterocycles. The number of hydrogen-bond acceptors (Lipinski definition) is 5. The summed E-state index contributed by atoms with van der Waals surface area (Å²) in [6.45, 7) is 3.42. The molecule has 0 aromatic carbocycles. The zero-order valence-corrected chi connectivity index (χ0v) is 9.77. The summed E-state index contributed by atoms with van der Waals surface area (Å²) < 4.78 is 0. The molecule has 0 saturated heterocycles. The second-order valence-electron chi connectivity index (χ2n) is 3.60. The number of nitrogens with one attached hydrogen (secondary N) is 2. The third kappa shape index (κ3) is 2.79. The quantitative estimate of drug-likeness (QED) is 0.709. The van der Waals surface area contributed by atoms with E-state index in [0.29, 0.717) is 13.0 Å². The van der Waals surface area contributed by atoms with E-state index in [1.54, 1.807) is 6.20 Å². The Kier molecular flexibility index (Phi) is 3.66. The molecule has 2 aromatic heterocycles. The van der Waals surface area contributed by atoms with Crippen molar-refractivity contribution in [3.63, 3.8) is 0 Å². The first-order chi connectivity index (χ1) is 8.33. The van der Waals surface area contributed by atoms with E-state index in [0.717, 1.165) is 29.6 Å². The molecule has 0 aliphatic carbocycles. The van der Waals surface area contributed by atoms with Crippen LogP contribution in [0.5, 0.6) is 0 Å². The van der Waals surface area contributed by atoms with Crippen molar-refractivity contribution in [2.45, 2.75) is 13.3 Å². The molecule has 17 heavy (non-hydrogen) atoms. The number of aromatic nitrogens is 4. The number of anilines is 1. The monoisotopic (exact) mass is 232 g/mol. The first kappa shape index (κ1) is 11.5.